The van der Waals surface area contributed by atoms with Crippen molar-refractivity contribution in [1.82, 2.24) is 5.32 Å². The Morgan fingerprint density at radius 1 is 1.10 bits per heavy atom. The maximum absolute atomic E-state index is 12.0. The van der Waals surface area contributed by atoms with Crippen LogP contribution in [0.3, 0.4) is 0 Å². The van der Waals surface area contributed by atoms with E-state index in [2.05, 4.69) is 10.2 Å². The van der Waals surface area contributed by atoms with Gasteiger partial charge >= 0.3 is 0 Å². The second kappa shape index (κ2) is 7.45. The van der Waals surface area contributed by atoms with Gasteiger partial charge in [-0.25, -0.2) is 0 Å². The molecule has 0 bridgehead atoms. The SMILES string of the molecule is CN(CCNC(=O)C(N)c1ccccc1)c1ccccc1. The fourth-order valence-electron chi connectivity index (χ4n) is 2.08. The maximum atomic E-state index is 12.0. The van der Waals surface area contributed by atoms with E-state index in [0.29, 0.717) is 6.54 Å². The van der Waals surface area contributed by atoms with Gasteiger partial charge in [0.05, 0.1) is 0 Å². The number of benzene rings is 2. The van der Waals surface area contributed by atoms with Gasteiger partial charge in [0.2, 0.25) is 5.91 Å². The second-order valence-corrected chi connectivity index (χ2v) is 4.94. The number of rotatable bonds is 6. The van der Waals surface area contributed by atoms with E-state index in [1.807, 2.05) is 67.7 Å². The van der Waals surface area contributed by atoms with Crippen molar-refractivity contribution in [3.8, 4) is 0 Å². The topological polar surface area (TPSA) is 58.4 Å². The summed E-state index contributed by atoms with van der Waals surface area (Å²) in [6.07, 6.45) is 0. The summed E-state index contributed by atoms with van der Waals surface area (Å²) in [5, 5.41) is 2.88. The molecule has 4 heteroatoms. The highest BCUT2D eigenvalue weighted by atomic mass is 16.2. The van der Waals surface area contributed by atoms with Gasteiger partial charge in [-0.15, -0.1) is 0 Å². The normalized spacial score (nSPS) is 11.7. The molecule has 0 radical (unpaired) electrons. The van der Waals surface area contributed by atoms with E-state index in [1.165, 1.54) is 0 Å². The molecule has 0 aromatic heterocycles. The van der Waals surface area contributed by atoms with Crippen LogP contribution in [0.2, 0.25) is 0 Å². The molecule has 110 valence electrons. The van der Waals surface area contributed by atoms with Gasteiger partial charge in [0.1, 0.15) is 6.04 Å². The number of nitrogens with zero attached hydrogens (tertiary/aromatic N) is 1. The molecule has 0 heterocycles. The van der Waals surface area contributed by atoms with Crippen LogP contribution in [-0.2, 0) is 4.79 Å². The molecular formula is C17H21N3O. The third-order valence-corrected chi connectivity index (χ3v) is 3.38. The van der Waals surface area contributed by atoms with E-state index in [-0.39, 0.29) is 5.91 Å². The molecule has 0 saturated heterocycles. The number of nitrogens with two attached hydrogens (primary N) is 1. The van der Waals surface area contributed by atoms with Gasteiger partial charge < -0.3 is 16.0 Å². The molecule has 2 aromatic rings. The van der Waals surface area contributed by atoms with Crippen molar-refractivity contribution in [1.29, 1.82) is 0 Å². The van der Waals surface area contributed by atoms with Crippen LogP contribution in [0.5, 0.6) is 0 Å². The molecule has 2 aromatic carbocycles. The maximum Gasteiger partial charge on any atom is 0.241 e. The quantitative estimate of drug-likeness (QED) is 0.852. The van der Waals surface area contributed by atoms with Gasteiger partial charge in [-0.2, -0.15) is 0 Å². The molecule has 0 saturated carbocycles. The molecule has 1 amide bonds. The van der Waals surface area contributed by atoms with E-state index in [0.717, 1.165) is 17.8 Å². The van der Waals surface area contributed by atoms with Gasteiger partial charge in [0.25, 0.3) is 0 Å². The molecule has 2 rings (SSSR count). The first-order valence-corrected chi connectivity index (χ1v) is 7.03. The molecule has 1 unspecified atom stereocenters. The van der Waals surface area contributed by atoms with Crippen LogP contribution in [0, 0.1) is 0 Å². The van der Waals surface area contributed by atoms with Crippen LogP contribution >= 0.6 is 0 Å². The number of nitrogens with one attached hydrogen (secondary N) is 1. The fraction of sp³-hybridized carbons (Fsp3) is 0.235. The number of likely N-dealkylation sites (N-methyl/N-ethyl adjacent to an activating group) is 1. The highest BCUT2D eigenvalue weighted by Gasteiger charge is 2.14. The minimum Gasteiger partial charge on any atom is -0.373 e. The minimum atomic E-state index is -0.617. The Kier molecular flexibility index (Phi) is 5.35. The lowest BCUT2D eigenvalue weighted by atomic mass is 10.1. The monoisotopic (exact) mass is 283 g/mol. The average Bonchev–Trinajstić information content (AvgIpc) is 2.55. The highest BCUT2D eigenvalue weighted by Crippen LogP contribution is 2.11. The minimum absolute atomic E-state index is 0.150. The summed E-state index contributed by atoms with van der Waals surface area (Å²) < 4.78 is 0. The van der Waals surface area contributed by atoms with Crippen LogP contribution in [0.25, 0.3) is 0 Å². The van der Waals surface area contributed by atoms with Gasteiger partial charge in [-0.3, -0.25) is 4.79 Å². The molecule has 0 spiro atoms. The lowest BCUT2D eigenvalue weighted by molar-refractivity contribution is -0.122. The van der Waals surface area contributed by atoms with E-state index in [4.69, 9.17) is 5.73 Å². The molecule has 0 aliphatic heterocycles. The smallest absolute Gasteiger partial charge is 0.241 e. The van der Waals surface area contributed by atoms with Crippen LogP contribution in [0.15, 0.2) is 60.7 Å². The van der Waals surface area contributed by atoms with Crippen LogP contribution in [0.1, 0.15) is 11.6 Å². The Morgan fingerprint density at radius 2 is 1.67 bits per heavy atom. The largest absolute Gasteiger partial charge is 0.373 e. The molecule has 21 heavy (non-hydrogen) atoms. The van der Waals surface area contributed by atoms with Crippen molar-refractivity contribution in [3.05, 3.63) is 66.2 Å². The second-order valence-electron chi connectivity index (χ2n) is 4.94. The number of anilines is 1. The molecule has 4 nitrogen and oxygen atoms in total. The Morgan fingerprint density at radius 3 is 2.29 bits per heavy atom. The first-order chi connectivity index (χ1) is 10.2. The van der Waals surface area contributed by atoms with Crippen molar-refractivity contribution in [2.45, 2.75) is 6.04 Å². The summed E-state index contributed by atoms with van der Waals surface area (Å²) in [5.74, 6) is -0.150. The summed E-state index contributed by atoms with van der Waals surface area (Å²) in [4.78, 5) is 14.1. The summed E-state index contributed by atoms with van der Waals surface area (Å²) >= 11 is 0. The average molecular weight is 283 g/mol. The van der Waals surface area contributed by atoms with Gasteiger partial charge in [-0.1, -0.05) is 48.5 Å². The van der Waals surface area contributed by atoms with Crippen molar-refractivity contribution in [2.24, 2.45) is 5.73 Å². The van der Waals surface area contributed by atoms with Crippen molar-refractivity contribution in [3.63, 3.8) is 0 Å². The van der Waals surface area contributed by atoms with E-state index in [9.17, 15) is 4.79 Å². The molecule has 0 aliphatic rings. The zero-order valence-corrected chi connectivity index (χ0v) is 12.2. The first kappa shape index (κ1) is 15.1. The van der Waals surface area contributed by atoms with Crippen molar-refractivity contribution in [2.75, 3.05) is 25.0 Å². The standard InChI is InChI=1S/C17H21N3O/c1-20(15-10-6-3-7-11-15)13-12-19-17(21)16(18)14-8-4-2-5-9-14/h2-11,16H,12-13,18H2,1H3,(H,19,21). The molecule has 3 N–H and O–H groups in total. The summed E-state index contributed by atoms with van der Waals surface area (Å²) in [7, 11) is 2.00. The fourth-order valence-corrected chi connectivity index (χ4v) is 2.08. The number of carbonyl (C=O) groups excluding carboxylic acids is 1. The Balaban J connectivity index is 1.79. The summed E-state index contributed by atoms with van der Waals surface area (Å²) in [5.41, 5.74) is 7.89. The lowest BCUT2D eigenvalue weighted by Gasteiger charge is -2.20. The Bertz CT molecular complexity index is 557. The molecule has 0 aliphatic carbocycles. The van der Waals surface area contributed by atoms with Crippen LogP contribution < -0.4 is 16.0 Å². The van der Waals surface area contributed by atoms with Gasteiger partial charge in [-0.05, 0) is 17.7 Å². The third kappa shape index (κ3) is 4.33. The summed E-state index contributed by atoms with van der Waals surface area (Å²) in [6.45, 7) is 1.29. The molecule has 0 fully saturated rings. The number of para-hydroxylation sites is 1. The first-order valence-electron chi connectivity index (χ1n) is 7.03. The van der Waals surface area contributed by atoms with Gasteiger partial charge in [0.15, 0.2) is 0 Å². The van der Waals surface area contributed by atoms with Gasteiger partial charge in [0, 0.05) is 25.8 Å². The Hall–Kier alpha value is -2.33. The number of hydrogen-bond acceptors (Lipinski definition) is 3. The van der Waals surface area contributed by atoms with Crippen molar-refractivity contribution >= 4 is 11.6 Å². The van der Waals surface area contributed by atoms with E-state index >= 15 is 0 Å². The summed E-state index contributed by atoms with van der Waals surface area (Å²) in [6, 6.07) is 18.8. The predicted octanol–water partition coefficient (Wildman–Crippen LogP) is 1.94. The van der Waals surface area contributed by atoms with Crippen LogP contribution in [0.4, 0.5) is 5.69 Å². The predicted molar refractivity (Wildman–Crippen MR) is 86.1 cm³/mol. The molecular weight excluding hydrogens is 262 g/mol. The third-order valence-electron chi connectivity index (χ3n) is 3.38. The van der Waals surface area contributed by atoms with Crippen LogP contribution in [-0.4, -0.2) is 26.0 Å². The highest BCUT2D eigenvalue weighted by molar-refractivity contribution is 5.82. The zero-order valence-electron chi connectivity index (χ0n) is 12.2. The number of hydrogen-bond donors (Lipinski definition) is 2. The number of amides is 1. The van der Waals surface area contributed by atoms with E-state index in [1.54, 1.807) is 0 Å². The van der Waals surface area contributed by atoms with Crippen molar-refractivity contribution < 1.29 is 4.79 Å². The Labute approximate surface area is 125 Å². The zero-order chi connectivity index (χ0) is 15.1. The number of carbonyl (C=O) groups is 1. The lowest BCUT2D eigenvalue weighted by Crippen LogP contribution is -2.38. The van der Waals surface area contributed by atoms with E-state index < -0.39 is 6.04 Å². The molecule has 1 atom stereocenters.